The van der Waals surface area contributed by atoms with Crippen LogP contribution in [0, 0.1) is 0 Å². The molecule has 3 aromatic rings. The summed E-state index contributed by atoms with van der Waals surface area (Å²) < 4.78 is 28.2. The van der Waals surface area contributed by atoms with E-state index in [-0.39, 0.29) is 16.7 Å². The van der Waals surface area contributed by atoms with Crippen molar-refractivity contribution in [2.45, 2.75) is 36.6 Å². The SMILES string of the molecule is CCc1cccc(NC(=O)C2Cc3ccccc3CN2S(=O)(=O)c2cccs2)c1. The molecule has 150 valence electrons. The molecule has 4 rings (SSSR count). The number of amides is 1. The van der Waals surface area contributed by atoms with Crippen LogP contribution in [0.2, 0.25) is 0 Å². The zero-order valence-corrected chi connectivity index (χ0v) is 17.7. The highest BCUT2D eigenvalue weighted by molar-refractivity contribution is 7.91. The number of hydrogen-bond donors (Lipinski definition) is 1. The molecule has 1 aliphatic heterocycles. The van der Waals surface area contributed by atoms with Crippen molar-refractivity contribution < 1.29 is 13.2 Å². The fraction of sp³-hybridized carbons (Fsp3) is 0.227. The van der Waals surface area contributed by atoms with Gasteiger partial charge in [0.15, 0.2) is 0 Å². The number of fused-ring (bicyclic) bond motifs is 1. The van der Waals surface area contributed by atoms with Crippen LogP contribution >= 0.6 is 11.3 Å². The van der Waals surface area contributed by atoms with Crippen LogP contribution in [0.5, 0.6) is 0 Å². The Hall–Kier alpha value is -2.48. The van der Waals surface area contributed by atoms with Crippen molar-refractivity contribution in [3.8, 4) is 0 Å². The molecule has 1 N–H and O–H groups in total. The Labute approximate surface area is 175 Å². The zero-order valence-electron chi connectivity index (χ0n) is 16.0. The number of nitrogens with zero attached hydrogens (tertiary/aromatic N) is 1. The van der Waals surface area contributed by atoms with Gasteiger partial charge in [0.25, 0.3) is 10.0 Å². The van der Waals surface area contributed by atoms with Crippen LogP contribution in [-0.2, 0) is 34.2 Å². The summed E-state index contributed by atoms with van der Waals surface area (Å²) in [5.41, 5.74) is 3.73. The topological polar surface area (TPSA) is 66.5 Å². The number of hydrogen-bond acceptors (Lipinski definition) is 4. The molecule has 0 spiro atoms. The maximum Gasteiger partial charge on any atom is 0.253 e. The average molecular weight is 427 g/mol. The monoisotopic (exact) mass is 426 g/mol. The Balaban J connectivity index is 1.69. The molecule has 0 aliphatic carbocycles. The average Bonchev–Trinajstić information content (AvgIpc) is 3.29. The number of thiophene rings is 1. The Kier molecular flexibility index (Phi) is 5.54. The van der Waals surface area contributed by atoms with Crippen LogP contribution in [0.15, 0.2) is 70.3 Å². The second-order valence-corrected chi connectivity index (χ2v) is 10.1. The summed E-state index contributed by atoms with van der Waals surface area (Å²) in [6, 6.07) is 17.8. The van der Waals surface area contributed by atoms with Gasteiger partial charge in [0, 0.05) is 12.2 Å². The highest BCUT2D eigenvalue weighted by Gasteiger charge is 2.40. The van der Waals surface area contributed by atoms with Gasteiger partial charge in [-0.3, -0.25) is 4.79 Å². The first-order valence-corrected chi connectivity index (χ1v) is 11.8. The molecule has 2 heterocycles. The fourth-order valence-corrected chi connectivity index (χ4v) is 6.28. The fourth-order valence-electron chi connectivity index (χ4n) is 3.60. The van der Waals surface area contributed by atoms with Crippen molar-refractivity contribution >= 4 is 33.0 Å². The van der Waals surface area contributed by atoms with E-state index in [2.05, 4.69) is 5.32 Å². The smallest absolute Gasteiger partial charge is 0.253 e. The highest BCUT2D eigenvalue weighted by Crippen LogP contribution is 2.31. The van der Waals surface area contributed by atoms with Gasteiger partial charge in [-0.05, 0) is 53.1 Å². The van der Waals surface area contributed by atoms with Crippen molar-refractivity contribution in [3.05, 3.63) is 82.7 Å². The van der Waals surface area contributed by atoms with Crippen LogP contribution in [0.1, 0.15) is 23.6 Å². The molecule has 0 saturated carbocycles. The van der Waals surface area contributed by atoms with Gasteiger partial charge < -0.3 is 5.32 Å². The third kappa shape index (κ3) is 3.99. The predicted octanol–water partition coefficient (Wildman–Crippen LogP) is 4.06. The van der Waals surface area contributed by atoms with E-state index in [4.69, 9.17) is 0 Å². The normalized spacial score (nSPS) is 16.9. The van der Waals surface area contributed by atoms with E-state index < -0.39 is 16.1 Å². The predicted molar refractivity (Wildman–Crippen MR) is 115 cm³/mol. The van der Waals surface area contributed by atoms with E-state index in [0.29, 0.717) is 12.1 Å². The Morgan fingerprint density at radius 3 is 2.62 bits per heavy atom. The molecule has 1 atom stereocenters. The van der Waals surface area contributed by atoms with Crippen LogP contribution in [0.3, 0.4) is 0 Å². The molecule has 29 heavy (non-hydrogen) atoms. The lowest BCUT2D eigenvalue weighted by Crippen LogP contribution is -2.50. The van der Waals surface area contributed by atoms with E-state index in [0.717, 1.165) is 23.1 Å². The maximum absolute atomic E-state index is 13.3. The minimum Gasteiger partial charge on any atom is -0.325 e. The molecule has 7 heteroatoms. The maximum atomic E-state index is 13.3. The molecule has 2 aromatic carbocycles. The van der Waals surface area contributed by atoms with Crippen LogP contribution in [0.25, 0.3) is 0 Å². The van der Waals surface area contributed by atoms with Gasteiger partial charge in [0.2, 0.25) is 5.91 Å². The first-order valence-electron chi connectivity index (χ1n) is 9.51. The number of anilines is 1. The molecule has 1 aliphatic rings. The third-order valence-electron chi connectivity index (χ3n) is 5.17. The van der Waals surface area contributed by atoms with E-state index in [9.17, 15) is 13.2 Å². The number of rotatable bonds is 5. The first-order chi connectivity index (χ1) is 14.0. The number of sulfonamides is 1. The summed E-state index contributed by atoms with van der Waals surface area (Å²) in [6.45, 7) is 2.23. The van der Waals surface area contributed by atoms with E-state index in [1.54, 1.807) is 17.5 Å². The lowest BCUT2D eigenvalue weighted by atomic mass is 9.95. The molecule has 1 aromatic heterocycles. The number of carbonyl (C=O) groups excluding carboxylic acids is 1. The number of aryl methyl sites for hydroxylation is 1. The summed E-state index contributed by atoms with van der Waals surface area (Å²) in [4.78, 5) is 13.2. The van der Waals surface area contributed by atoms with Gasteiger partial charge >= 0.3 is 0 Å². The quantitative estimate of drug-likeness (QED) is 0.669. The van der Waals surface area contributed by atoms with Crippen LogP contribution < -0.4 is 5.32 Å². The van der Waals surface area contributed by atoms with E-state index in [1.807, 2.05) is 55.5 Å². The second kappa shape index (κ2) is 8.10. The second-order valence-electron chi connectivity index (χ2n) is 7.01. The molecule has 0 bridgehead atoms. The minimum absolute atomic E-state index is 0.184. The van der Waals surface area contributed by atoms with Crippen LogP contribution in [-0.4, -0.2) is 24.7 Å². The van der Waals surface area contributed by atoms with Gasteiger partial charge in [0.1, 0.15) is 10.3 Å². The molecule has 0 saturated heterocycles. The van der Waals surface area contributed by atoms with Crippen LogP contribution in [0.4, 0.5) is 5.69 Å². The largest absolute Gasteiger partial charge is 0.325 e. The van der Waals surface area contributed by atoms with Crippen molar-refractivity contribution in [1.82, 2.24) is 4.31 Å². The Bertz CT molecular complexity index is 1120. The minimum atomic E-state index is -3.77. The van der Waals surface area contributed by atoms with Crippen molar-refractivity contribution in [2.24, 2.45) is 0 Å². The van der Waals surface area contributed by atoms with Crippen molar-refractivity contribution in [3.63, 3.8) is 0 Å². The zero-order chi connectivity index (χ0) is 20.4. The van der Waals surface area contributed by atoms with E-state index >= 15 is 0 Å². The van der Waals surface area contributed by atoms with Crippen molar-refractivity contribution in [1.29, 1.82) is 0 Å². The Morgan fingerprint density at radius 1 is 1.10 bits per heavy atom. The lowest BCUT2D eigenvalue weighted by Gasteiger charge is -2.34. The summed E-state index contributed by atoms with van der Waals surface area (Å²) in [5, 5.41) is 4.66. The highest BCUT2D eigenvalue weighted by atomic mass is 32.2. The van der Waals surface area contributed by atoms with Gasteiger partial charge in [-0.1, -0.05) is 49.4 Å². The molecular weight excluding hydrogens is 404 g/mol. The molecule has 0 fully saturated rings. The molecular formula is C22H22N2O3S2. The van der Waals surface area contributed by atoms with E-state index in [1.165, 1.54) is 15.6 Å². The first kappa shape index (κ1) is 19.8. The Morgan fingerprint density at radius 2 is 1.90 bits per heavy atom. The number of benzene rings is 2. The molecule has 5 nitrogen and oxygen atoms in total. The number of nitrogens with one attached hydrogen (secondary N) is 1. The summed E-state index contributed by atoms with van der Waals surface area (Å²) in [7, 11) is -3.77. The number of carbonyl (C=O) groups is 1. The van der Waals surface area contributed by atoms with Gasteiger partial charge in [0.05, 0.1) is 0 Å². The van der Waals surface area contributed by atoms with Gasteiger partial charge in [-0.15, -0.1) is 11.3 Å². The third-order valence-corrected chi connectivity index (χ3v) is 8.40. The van der Waals surface area contributed by atoms with Gasteiger partial charge in [-0.25, -0.2) is 8.42 Å². The van der Waals surface area contributed by atoms with Gasteiger partial charge in [-0.2, -0.15) is 4.31 Å². The standard InChI is InChI=1S/C22H22N2O3S2/c1-2-16-7-5-10-19(13-16)23-22(25)20-14-17-8-3-4-9-18(17)15-24(20)29(26,27)21-11-6-12-28-21/h3-13,20H,2,14-15H2,1H3,(H,23,25). The lowest BCUT2D eigenvalue weighted by molar-refractivity contribution is -0.120. The molecule has 1 amide bonds. The molecule has 1 unspecified atom stereocenters. The van der Waals surface area contributed by atoms with Crippen molar-refractivity contribution in [2.75, 3.05) is 5.32 Å². The summed E-state index contributed by atoms with van der Waals surface area (Å²) in [5.74, 6) is -0.312. The summed E-state index contributed by atoms with van der Waals surface area (Å²) >= 11 is 1.17. The summed E-state index contributed by atoms with van der Waals surface area (Å²) in [6.07, 6.45) is 1.21. The molecule has 0 radical (unpaired) electrons.